The molecule has 2 aromatic carbocycles. The molecule has 30 heavy (non-hydrogen) atoms. The third-order valence-corrected chi connectivity index (χ3v) is 5.41. The summed E-state index contributed by atoms with van der Waals surface area (Å²) in [6, 6.07) is 17.1. The van der Waals surface area contributed by atoms with Gasteiger partial charge in [-0.1, -0.05) is 30.3 Å². The largest absolute Gasteiger partial charge is 0.497 e. The number of carbonyl (C=O) groups is 2. The first-order valence-electron chi connectivity index (χ1n) is 9.58. The van der Waals surface area contributed by atoms with E-state index in [9.17, 15) is 9.59 Å². The van der Waals surface area contributed by atoms with E-state index < -0.39 is 5.97 Å². The molecule has 0 unspecified atom stereocenters. The number of amides is 1. The Balaban J connectivity index is 1.60. The number of thiazole rings is 1. The minimum Gasteiger partial charge on any atom is -0.497 e. The maximum Gasteiger partial charge on any atom is 0.358 e. The van der Waals surface area contributed by atoms with Gasteiger partial charge in [-0.05, 0) is 43.7 Å². The van der Waals surface area contributed by atoms with Gasteiger partial charge in [0.2, 0.25) is 0 Å². The van der Waals surface area contributed by atoms with Crippen LogP contribution in [0.1, 0.15) is 29.9 Å². The molecule has 0 spiro atoms. The van der Waals surface area contributed by atoms with Crippen LogP contribution >= 0.6 is 11.3 Å². The Kier molecular flexibility index (Phi) is 7.19. The van der Waals surface area contributed by atoms with Crippen LogP contribution in [0.2, 0.25) is 0 Å². The summed E-state index contributed by atoms with van der Waals surface area (Å²) in [5, 5.41) is 2.33. The van der Waals surface area contributed by atoms with E-state index in [0.29, 0.717) is 11.6 Å². The molecular formula is C23H24N2O4S. The number of carbonyl (C=O) groups excluding carboxylic acids is 2. The molecule has 0 fully saturated rings. The summed E-state index contributed by atoms with van der Waals surface area (Å²) < 4.78 is 10.4. The Bertz CT molecular complexity index is 984. The fraction of sp³-hybridized carbons (Fsp3) is 0.261. The van der Waals surface area contributed by atoms with Crippen LogP contribution in [0.5, 0.6) is 5.75 Å². The van der Waals surface area contributed by atoms with Crippen LogP contribution in [0.15, 0.2) is 60.0 Å². The molecule has 3 aromatic rings. The molecule has 0 radical (unpaired) electrons. The zero-order chi connectivity index (χ0) is 21.5. The number of ether oxygens (including phenoxy) is 2. The lowest BCUT2D eigenvalue weighted by Gasteiger charge is -2.26. The molecule has 6 nitrogen and oxygen atoms in total. The van der Waals surface area contributed by atoms with Gasteiger partial charge >= 0.3 is 5.97 Å². The Morgan fingerprint density at radius 1 is 1.07 bits per heavy atom. The lowest BCUT2D eigenvalue weighted by Crippen LogP contribution is -2.39. The topological polar surface area (TPSA) is 68.7 Å². The highest BCUT2D eigenvalue weighted by Crippen LogP contribution is 2.26. The molecule has 0 saturated carbocycles. The van der Waals surface area contributed by atoms with Crippen molar-refractivity contribution in [2.24, 2.45) is 0 Å². The number of methoxy groups -OCH3 is 1. The molecule has 0 aliphatic rings. The SMILES string of the molecule is COc1ccc(-c2nc(C(=O)OCC(=O)N(Cc3ccccc3)C(C)C)cs2)cc1. The summed E-state index contributed by atoms with van der Waals surface area (Å²) in [5.74, 6) is -0.103. The van der Waals surface area contributed by atoms with Crippen LogP contribution in [0.4, 0.5) is 0 Å². The van der Waals surface area contributed by atoms with Crippen molar-refractivity contribution < 1.29 is 19.1 Å². The van der Waals surface area contributed by atoms with Gasteiger partial charge in [-0.15, -0.1) is 11.3 Å². The van der Waals surface area contributed by atoms with Crippen LogP contribution in [-0.2, 0) is 16.1 Å². The number of aromatic nitrogens is 1. The normalized spacial score (nSPS) is 10.7. The Morgan fingerprint density at radius 2 is 1.77 bits per heavy atom. The summed E-state index contributed by atoms with van der Waals surface area (Å²) in [4.78, 5) is 31.0. The average molecular weight is 425 g/mol. The predicted molar refractivity (Wildman–Crippen MR) is 117 cm³/mol. The number of hydrogen-bond donors (Lipinski definition) is 0. The molecule has 1 heterocycles. The van der Waals surface area contributed by atoms with Crippen molar-refractivity contribution in [2.45, 2.75) is 26.4 Å². The third-order valence-electron chi connectivity index (χ3n) is 4.52. The third kappa shape index (κ3) is 5.45. The Labute approximate surface area is 180 Å². The van der Waals surface area contributed by atoms with Crippen LogP contribution in [0.3, 0.4) is 0 Å². The van der Waals surface area contributed by atoms with Crippen LogP contribution in [0.25, 0.3) is 10.6 Å². The second-order valence-electron chi connectivity index (χ2n) is 6.94. The van der Waals surface area contributed by atoms with Gasteiger partial charge in [0.25, 0.3) is 5.91 Å². The van der Waals surface area contributed by atoms with E-state index in [1.165, 1.54) is 11.3 Å². The van der Waals surface area contributed by atoms with Crippen molar-refractivity contribution in [3.05, 3.63) is 71.2 Å². The lowest BCUT2D eigenvalue weighted by molar-refractivity contribution is -0.136. The van der Waals surface area contributed by atoms with Gasteiger partial charge < -0.3 is 14.4 Å². The smallest absolute Gasteiger partial charge is 0.358 e. The minimum atomic E-state index is -0.609. The van der Waals surface area contributed by atoms with Crippen LogP contribution in [0, 0.1) is 0 Å². The molecule has 0 bridgehead atoms. The molecule has 7 heteroatoms. The molecule has 0 N–H and O–H groups in total. The van der Waals surface area contributed by atoms with Gasteiger partial charge in [-0.25, -0.2) is 9.78 Å². The standard InChI is InChI=1S/C23H24N2O4S/c1-16(2)25(13-17-7-5-4-6-8-17)21(26)14-29-23(27)20-15-30-22(24-20)18-9-11-19(28-3)12-10-18/h4-12,15-16H,13-14H2,1-3H3. The molecule has 0 aliphatic heterocycles. The molecule has 0 aliphatic carbocycles. The quantitative estimate of drug-likeness (QED) is 0.501. The van der Waals surface area contributed by atoms with Gasteiger partial charge in [0.15, 0.2) is 12.3 Å². The van der Waals surface area contributed by atoms with E-state index in [2.05, 4.69) is 4.98 Å². The highest BCUT2D eigenvalue weighted by Gasteiger charge is 2.20. The van der Waals surface area contributed by atoms with Crippen molar-refractivity contribution in [2.75, 3.05) is 13.7 Å². The highest BCUT2D eigenvalue weighted by molar-refractivity contribution is 7.13. The molecular weight excluding hydrogens is 400 g/mol. The molecule has 0 saturated heterocycles. The minimum absolute atomic E-state index is 0.0163. The first-order valence-corrected chi connectivity index (χ1v) is 10.5. The summed E-state index contributed by atoms with van der Waals surface area (Å²) in [7, 11) is 1.61. The van der Waals surface area contributed by atoms with Crippen LogP contribution < -0.4 is 4.74 Å². The summed E-state index contributed by atoms with van der Waals surface area (Å²) in [6.07, 6.45) is 0. The van der Waals surface area contributed by atoms with Gasteiger partial charge in [0, 0.05) is 23.5 Å². The fourth-order valence-corrected chi connectivity index (χ4v) is 3.65. The van der Waals surface area contributed by atoms with Gasteiger partial charge in [0.05, 0.1) is 7.11 Å². The highest BCUT2D eigenvalue weighted by atomic mass is 32.1. The average Bonchev–Trinajstić information content (AvgIpc) is 3.26. The van der Waals surface area contributed by atoms with Crippen molar-refractivity contribution in [3.63, 3.8) is 0 Å². The fourth-order valence-electron chi connectivity index (χ4n) is 2.86. The molecule has 1 aromatic heterocycles. The maximum atomic E-state index is 12.6. The number of rotatable bonds is 8. The monoisotopic (exact) mass is 424 g/mol. The summed E-state index contributed by atoms with van der Waals surface area (Å²) >= 11 is 1.34. The zero-order valence-corrected chi connectivity index (χ0v) is 18.0. The predicted octanol–water partition coefficient (Wildman–Crippen LogP) is 4.41. The van der Waals surface area contributed by atoms with Gasteiger partial charge in [-0.3, -0.25) is 4.79 Å². The van der Waals surface area contributed by atoms with E-state index >= 15 is 0 Å². The van der Waals surface area contributed by atoms with Crippen LogP contribution in [-0.4, -0.2) is 41.5 Å². The van der Waals surface area contributed by atoms with E-state index in [1.54, 1.807) is 17.4 Å². The van der Waals surface area contributed by atoms with Crippen molar-refractivity contribution in [1.29, 1.82) is 0 Å². The molecule has 3 rings (SSSR count). The molecule has 156 valence electrons. The number of hydrogen-bond acceptors (Lipinski definition) is 6. The zero-order valence-electron chi connectivity index (χ0n) is 17.2. The molecule has 1 amide bonds. The Morgan fingerprint density at radius 3 is 2.40 bits per heavy atom. The number of benzene rings is 2. The summed E-state index contributed by atoms with van der Waals surface area (Å²) in [5.41, 5.74) is 2.09. The van der Waals surface area contributed by atoms with E-state index in [-0.39, 0.29) is 24.2 Å². The van der Waals surface area contributed by atoms with Crippen molar-refractivity contribution >= 4 is 23.2 Å². The maximum absolute atomic E-state index is 12.6. The summed E-state index contributed by atoms with van der Waals surface area (Å²) in [6.45, 7) is 4.01. The first-order chi connectivity index (χ1) is 14.5. The van der Waals surface area contributed by atoms with E-state index in [4.69, 9.17) is 9.47 Å². The van der Waals surface area contributed by atoms with Crippen molar-refractivity contribution in [1.82, 2.24) is 9.88 Å². The Hall–Kier alpha value is -3.19. The number of nitrogens with zero attached hydrogens (tertiary/aromatic N) is 2. The first kappa shape index (κ1) is 21.5. The van der Waals surface area contributed by atoms with E-state index in [1.807, 2.05) is 68.4 Å². The lowest BCUT2D eigenvalue weighted by atomic mass is 10.2. The second-order valence-corrected chi connectivity index (χ2v) is 7.80. The van der Waals surface area contributed by atoms with Gasteiger partial charge in [-0.2, -0.15) is 0 Å². The van der Waals surface area contributed by atoms with E-state index in [0.717, 1.165) is 16.9 Å². The van der Waals surface area contributed by atoms with Crippen molar-refractivity contribution in [3.8, 4) is 16.3 Å². The van der Waals surface area contributed by atoms with Gasteiger partial charge in [0.1, 0.15) is 10.8 Å². The second kappa shape index (κ2) is 10.0. The molecule has 0 atom stereocenters. The number of esters is 1.